The van der Waals surface area contributed by atoms with Gasteiger partial charge in [-0.3, -0.25) is 15.8 Å². The number of hydrogen-bond donors (Lipinski definition) is 3. The third-order valence-electron chi connectivity index (χ3n) is 4.92. The third kappa shape index (κ3) is 4.52. The summed E-state index contributed by atoms with van der Waals surface area (Å²) >= 11 is 1.47. The number of imidazole rings is 1. The van der Waals surface area contributed by atoms with Crippen molar-refractivity contribution >= 4 is 39.0 Å². The topological polar surface area (TPSA) is 93.1 Å². The van der Waals surface area contributed by atoms with E-state index in [1.54, 1.807) is 36.7 Å². The Morgan fingerprint density at radius 3 is 2.62 bits per heavy atom. The molecule has 10 heteroatoms. The molecule has 8 nitrogen and oxygen atoms in total. The lowest BCUT2D eigenvalue weighted by atomic mass is 10.3. The number of amides is 2. The maximum absolute atomic E-state index is 14.8. The van der Waals surface area contributed by atoms with E-state index in [0.717, 1.165) is 26.6 Å². The Morgan fingerprint density at radius 1 is 1.00 bits per heavy atom. The lowest BCUT2D eigenvalue weighted by Crippen LogP contribution is -2.33. The molecule has 0 spiro atoms. The number of halogens is 1. The molecule has 3 heterocycles. The van der Waals surface area contributed by atoms with Crippen LogP contribution in [-0.2, 0) is 7.05 Å². The number of fused-ring (bicyclic) bond motifs is 1. The number of pyridine rings is 1. The molecular formula is C24H19FN6O2S. The van der Waals surface area contributed by atoms with Crippen LogP contribution in [0.3, 0.4) is 0 Å². The molecule has 0 radical (unpaired) electrons. The van der Waals surface area contributed by atoms with Gasteiger partial charge in [-0.15, -0.1) is 11.3 Å². The highest BCUT2D eigenvalue weighted by Gasteiger charge is 2.15. The highest BCUT2D eigenvalue weighted by molar-refractivity contribution is 7.22. The number of hydrazine groups is 1. The van der Waals surface area contributed by atoms with Gasteiger partial charge < -0.3 is 14.6 Å². The van der Waals surface area contributed by atoms with Crippen LogP contribution < -0.4 is 20.9 Å². The molecule has 3 aromatic heterocycles. The van der Waals surface area contributed by atoms with Crippen molar-refractivity contribution < 1.29 is 13.9 Å². The predicted molar refractivity (Wildman–Crippen MR) is 131 cm³/mol. The summed E-state index contributed by atoms with van der Waals surface area (Å²) in [7, 11) is 1.92. The van der Waals surface area contributed by atoms with Crippen molar-refractivity contribution in [3.63, 3.8) is 0 Å². The normalized spacial score (nSPS) is 10.8. The zero-order valence-electron chi connectivity index (χ0n) is 17.9. The molecule has 0 aliphatic carbocycles. The summed E-state index contributed by atoms with van der Waals surface area (Å²) in [6.07, 6.45) is 5.21. The summed E-state index contributed by atoms with van der Waals surface area (Å²) in [6, 6.07) is 16.5. The highest BCUT2D eigenvalue weighted by atomic mass is 32.1. The molecule has 3 N–H and O–H groups in total. The number of para-hydroxylation sites is 1. The average molecular weight is 475 g/mol. The zero-order valence-corrected chi connectivity index (χ0v) is 18.8. The van der Waals surface area contributed by atoms with Crippen LogP contribution in [-0.4, -0.2) is 20.6 Å². The van der Waals surface area contributed by atoms with Crippen molar-refractivity contribution in [2.24, 2.45) is 7.05 Å². The molecule has 0 saturated carbocycles. The molecule has 34 heavy (non-hydrogen) atoms. The molecule has 0 atom stereocenters. The van der Waals surface area contributed by atoms with Gasteiger partial charge in [0.2, 0.25) is 0 Å². The lowest BCUT2D eigenvalue weighted by molar-refractivity contribution is 0.254. The zero-order chi connectivity index (χ0) is 23.5. The van der Waals surface area contributed by atoms with Gasteiger partial charge in [0.15, 0.2) is 11.6 Å². The summed E-state index contributed by atoms with van der Waals surface area (Å²) in [4.78, 5) is 21.8. The minimum Gasteiger partial charge on any atom is -0.453 e. The minimum absolute atomic E-state index is 0.0350. The first-order valence-corrected chi connectivity index (χ1v) is 11.1. The molecule has 0 fully saturated rings. The van der Waals surface area contributed by atoms with Crippen LogP contribution in [0.5, 0.6) is 11.5 Å². The Bertz CT molecular complexity index is 1470. The number of nitrogens with one attached hydrogen (secondary N) is 3. The number of thiophene rings is 1. The number of aromatic nitrogens is 3. The molecule has 0 unspecified atom stereocenters. The number of ether oxygens (including phenoxy) is 1. The van der Waals surface area contributed by atoms with E-state index in [-0.39, 0.29) is 11.4 Å². The van der Waals surface area contributed by atoms with Gasteiger partial charge in [0.05, 0.1) is 20.8 Å². The number of carbonyl (C=O) groups excluding carboxylic acids is 1. The largest absolute Gasteiger partial charge is 0.453 e. The average Bonchev–Trinajstić information content (AvgIpc) is 3.46. The smallest absolute Gasteiger partial charge is 0.337 e. The van der Waals surface area contributed by atoms with Gasteiger partial charge in [-0.05, 0) is 30.3 Å². The number of anilines is 2. The monoisotopic (exact) mass is 474 g/mol. The van der Waals surface area contributed by atoms with E-state index in [4.69, 9.17) is 4.74 Å². The predicted octanol–water partition coefficient (Wildman–Crippen LogP) is 5.78. The highest BCUT2D eigenvalue weighted by Crippen LogP contribution is 2.39. The van der Waals surface area contributed by atoms with E-state index in [1.807, 2.05) is 42.1 Å². The van der Waals surface area contributed by atoms with E-state index < -0.39 is 11.8 Å². The number of nitrogens with zero attached hydrogens (tertiary/aromatic N) is 3. The van der Waals surface area contributed by atoms with Crippen LogP contribution in [0, 0.1) is 5.82 Å². The summed E-state index contributed by atoms with van der Waals surface area (Å²) in [5.74, 6) is 0.725. The van der Waals surface area contributed by atoms with Crippen molar-refractivity contribution in [2.75, 3.05) is 10.7 Å². The van der Waals surface area contributed by atoms with Crippen molar-refractivity contribution in [3.8, 4) is 22.2 Å². The fourth-order valence-electron chi connectivity index (χ4n) is 3.30. The quantitative estimate of drug-likeness (QED) is 0.272. The van der Waals surface area contributed by atoms with Crippen molar-refractivity contribution in [3.05, 3.63) is 85.1 Å². The second-order valence-corrected chi connectivity index (χ2v) is 8.37. The van der Waals surface area contributed by atoms with Gasteiger partial charge in [0.1, 0.15) is 11.6 Å². The Labute approximate surface area is 198 Å². The summed E-state index contributed by atoms with van der Waals surface area (Å²) in [6.45, 7) is 0. The van der Waals surface area contributed by atoms with Gasteiger partial charge in [-0.2, -0.15) is 0 Å². The van der Waals surface area contributed by atoms with Gasteiger partial charge in [-0.25, -0.2) is 14.2 Å². The van der Waals surface area contributed by atoms with Crippen LogP contribution in [0.1, 0.15) is 0 Å². The van der Waals surface area contributed by atoms with Crippen LogP contribution in [0.25, 0.3) is 20.9 Å². The first-order chi connectivity index (χ1) is 16.6. The molecule has 5 aromatic rings. The Hall–Kier alpha value is -4.44. The van der Waals surface area contributed by atoms with Crippen molar-refractivity contribution in [2.45, 2.75) is 0 Å². The first-order valence-electron chi connectivity index (χ1n) is 10.3. The third-order valence-corrected chi connectivity index (χ3v) is 6.06. The Morgan fingerprint density at radius 2 is 1.85 bits per heavy atom. The van der Waals surface area contributed by atoms with E-state index in [2.05, 4.69) is 26.1 Å². The molecular weight excluding hydrogens is 455 g/mol. The standard InChI is InChI=1S/C24H19FN6O2S/c1-31-12-11-27-23(31)21-14-18-22(34-21)20(9-10-26-18)33-19-8-7-16(13-17(19)25)28-24(32)30-29-15-5-3-2-4-6-15/h2-14,29H,1H3,(H2,28,30,32). The van der Waals surface area contributed by atoms with Crippen LogP contribution in [0.15, 0.2) is 79.3 Å². The summed E-state index contributed by atoms with van der Waals surface area (Å²) < 4.78 is 23.4. The van der Waals surface area contributed by atoms with Crippen molar-refractivity contribution in [1.82, 2.24) is 20.0 Å². The number of aryl methyl sites for hydroxylation is 1. The lowest BCUT2D eigenvalue weighted by Gasteiger charge is -2.11. The maximum Gasteiger partial charge on any atom is 0.337 e. The number of hydrogen-bond acceptors (Lipinski definition) is 6. The fraction of sp³-hybridized carbons (Fsp3) is 0.0417. The van der Waals surface area contributed by atoms with Gasteiger partial charge in [0.25, 0.3) is 0 Å². The molecule has 2 aromatic carbocycles. The summed E-state index contributed by atoms with van der Waals surface area (Å²) in [5, 5.41) is 2.57. The number of carbonyl (C=O) groups is 1. The van der Waals surface area contributed by atoms with E-state index >= 15 is 0 Å². The van der Waals surface area contributed by atoms with Gasteiger partial charge >= 0.3 is 6.03 Å². The SMILES string of the molecule is Cn1ccnc1-c1cc2nccc(Oc3ccc(NC(=O)NNc4ccccc4)cc3F)c2s1. The number of rotatable bonds is 6. The molecule has 0 aliphatic rings. The maximum atomic E-state index is 14.8. The number of urea groups is 1. The Kier molecular flexibility index (Phi) is 5.79. The molecule has 0 bridgehead atoms. The number of benzene rings is 2. The van der Waals surface area contributed by atoms with E-state index in [1.165, 1.54) is 23.5 Å². The molecule has 170 valence electrons. The van der Waals surface area contributed by atoms with Crippen LogP contribution in [0.4, 0.5) is 20.6 Å². The Balaban J connectivity index is 1.30. The second kappa shape index (κ2) is 9.20. The van der Waals surface area contributed by atoms with Gasteiger partial charge in [-0.1, -0.05) is 18.2 Å². The molecule has 0 saturated heterocycles. The molecule has 0 aliphatic heterocycles. The van der Waals surface area contributed by atoms with E-state index in [9.17, 15) is 9.18 Å². The van der Waals surface area contributed by atoms with Crippen LogP contribution >= 0.6 is 11.3 Å². The van der Waals surface area contributed by atoms with Crippen molar-refractivity contribution in [1.29, 1.82) is 0 Å². The summed E-state index contributed by atoms with van der Waals surface area (Å²) in [5.41, 5.74) is 7.00. The van der Waals surface area contributed by atoms with Crippen LogP contribution in [0.2, 0.25) is 0 Å². The fourth-order valence-corrected chi connectivity index (χ4v) is 4.41. The minimum atomic E-state index is -0.611. The first kappa shape index (κ1) is 21.4. The molecule has 2 amide bonds. The van der Waals surface area contributed by atoms with E-state index in [0.29, 0.717) is 5.75 Å². The molecule has 5 rings (SSSR count). The van der Waals surface area contributed by atoms with Gasteiger partial charge in [0, 0.05) is 43.5 Å². The second-order valence-electron chi connectivity index (χ2n) is 7.31.